The van der Waals surface area contributed by atoms with Crippen LogP contribution >= 0.6 is 0 Å². The molecule has 0 bridgehead atoms. The van der Waals surface area contributed by atoms with Crippen LogP contribution in [0.4, 0.5) is 0 Å². The highest BCUT2D eigenvalue weighted by molar-refractivity contribution is 7.97. The minimum Gasteiger partial charge on any atom is -0.460 e. The first-order valence-corrected chi connectivity index (χ1v) is 7.92. The summed E-state index contributed by atoms with van der Waals surface area (Å²) in [6, 6.07) is 0. The second-order valence-corrected chi connectivity index (χ2v) is 6.38. The molecule has 0 radical (unpaired) electrons. The van der Waals surface area contributed by atoms with Gasteiger partial charge in [-0.1, -0.05) is 0 Å². The Morgan fingerprint density at radius 3 is 2.47 bits per heavy atom. The molecule has 0 aromatic carbocycles. The Hall–Kier alpha value is -0.260. The highest BCUT2D eigenvalue weighted by atomic mass is 32.2. The molecule has 1 heterocycles. The maximum Gasteiger partial charge on any atom is 0.356 e. The fourth-order valence-electron chi connectivity index (χ4n) is 1.70. The van der Waals surface area contributed by atoms with Gasteiger partial charge in [0.1, 0.15) is 18.1 Å². The fourth-order valence-corrected chi connectivity index (χ4v) is 3.84. The van der Waals surface area contributed by atoms with E-state index in [2.05, 4.69) is 0 Å². The summed E-state index contributed by atoms with van der Waals surface area (Å²) >= 11 is 0. The van der Waals surface area contributed by atoms with E-state index in [1.807, 2.05) is 0 Å². The number of hydrogen-bond donors (Lipinski definition) is 0. The van der Waals surface area contributed by atoms with Crippen molar-refractivity contribution < 1.29 is 19.0 Å². The number of carbonyl (C=O) groups excluding carboxylic acids is 1. The van der Waals surface area contributed by atoms with Gasteiger partial charge in [-0.2, -0.15) is 0 Å². The van der Waals surface area contributed by atoms with Crippen LogP contribution in [0, 0.1) is 0 Å². The molecule has 1 rings (SSSR count). The Morgan fingerprint density at radius 1 is 1.06 bits per heavy atom. The normalized spacial score (nSPS) is 17.0. The Morgan fingerprint density at radius 2 is 1.76 bits per heavy atom. The molecule has 1 saturated heterocycles. The molecule has 1 aliphatic heterocycles. The molecule has 100 valence electrons. The van der Waals surface area contributed by atoms with Crippen molar-refractivity contribution in [3.05, 3.63) is 0 Å². The molecule has 0 aliphatic carbocycles. The molecule has 0 N–H and O–H groups in total. The van der Waals surface area contributed by atoms with Gasteiger partial charge in [-0.3, -0.25) is 0 Å². The van der Waals surface area contributed by atoms with Gasteiger partial charge in [-0.15, -0.1) is 0 Å². The zero-order chi connectivity index (χ0) is 12.3. The van der Waals surface area contributed by atoms with E-state index in [-0.39, 0.29) is 16.9 Å². The van der Waals surface area contributed by atoms with Crippen molar-refractivity contribution in [2.24, 2.45) is 0 Å². The SMILES string of the molecule is COCCOCCOC(=O)C[S+]1CCCCC1. The third kappa shape index (κ3) is 7.63. The van der Waals surface area contributed by atoms with Crippen molar-refractivity contribution in [3.8, 4) is 0 Å². The minimum atomic E-state index is -0.0643. The number of ether oxygens (including phenoxy) is 3. The van der Waals surface area contributed by atoms with Crippen molar-refractivity contribution in [1.82, 2.24) is 0 Å². The third-order valence-corrected chi connectivity index (χ3v) is 4.99. The van der Waals surface area contributed by atoms with Crippen LogP contribution in [0.25, 0.3) is 0 Å². The fraction of sp³-hybridized carbons (Fsp3) is 0.917. The molecule has 17 heavy (non-hydrogen) atoms. The van der Waals surface area contributed by atoms with Crippen molar-refractivity contribution in [2.75, 3.05) is 50.8 Å². The number of rotatable bonds is 8. The zero-order valence-electron chi connectivity index (χ0n) is 10.6. The minimum absolute atomic E-state index is 0.0643. The van der Waals surface area contributed by atoms with Gasteiger partial charge in [0.05, 0.1) is 19.8 Å². The Balaban J connectivity index is 1.93. The Labute approximate surface area is 106 Å². The number of esters is 1. The first kappa shape index (κ1) is 14.8. The van der Waals surface area contributed by atoms with Crippen LogP contribution in [-0.4, -0.2) is 56.8 Å². The number of hydrogen-bond acceptors (Lipinski definition) is 4. The molecule has 0 saturated carbocycles. The van der Waals surface area contributed by atoms with E-state index in [1.54, 1.807) is 7.11 Å². The molecular formula is C12H23O4S+. The maximum atomic E-state index is 11.5. The zero-order valence-corrected chi connectivity index (χ0v) is 11.4. The van der Waals surface area contributed by atoms with Crippen LogP contribution < -0.4 is 0 Å². The standard InChI is InChI=1S/C12H23O4S/c1-14-5-6-15-7-8-16-12(13)11-17-9-3-2-4-10-17/h2-11H2,1H3/q+1. The van der Waals surface area contributed by atoms with E-state index < -0.39 is 0 Å². The lowest BCUT2D eigenvalue weighted by Gasteiger charge is -2.13. The molecule has 4 nitrogen and oxygen atoms in total. The second kappa shape index (κ2) is 9.74. The molecule has 0 atom stereocenters. The summed E-state index contributed by atoms with van der Waals surface area (Å²) in [6.07, 6.45) is 3.87. The predicted octanol–water partition coefficient (Wildman–Crippen LogP) is 0.995. The average Bonchev–Trinajstić information content (AvgIpc) is 2.35. The van der Waals surface area contributed by atoms with Gasteiger partial charge in [0.15, 0.2) is 0 Å². The number of methoxy groups -OCH3 is 1. The van der Waals surface area contributed by atoms with Gasteiger partial charge in [-0.25, -0.2) is 4.79 Å². The van der Waals surface area contributed by atoms with E-state index in [9.17, 15) is 4.79 Å². The van der Waals surface area contributed by atoms with Crippen LogP contribution in [0.2, 0.25) is 0 Å². The van der Waals surface area contributed by atoms with Gasteiger partial charge >= 0.3 is 5.97 Å². The summed E-state index contributed by atoms with van der Waals surface area (Å²) in [7, 11) is 1.91. The maximum absolute atomic E-state index is 11.5. The van der Waals surface area contributed by atoms with E-state index in [0.717, 1.165) is 0 Å². The first-order chi connectivity index (χ1) is 8.33. The third-order valence-electron chi connectivity index (χ3n) is 2.61. The molecule has 5 heteroatoms. The predicted molar refractivity (Wildman–Crippen MR) is 69.5 cm³/mol. The van der Waals surface area contributed by atoms with Crippen molar-refractivity contribution in [1.29, 1.82) is 0 Å². The summed E-state index contributed by atoms with van der Waals surface area (Å²) in [5.74, 6) is 2.96. The van der Waals surface area contributed by atoms with Crippen LogP contribution in [0.15, 0.2) is 0 Å². The summed E-state index contributed by atoms with van der Waals surface area (Å²) in [5, 5.41) is 0. The van der Waals surface area contributed by atoms with Crippen molar-refractivity contribution in [2.45, 2.75) is 19.3 Å². The van der Waals surface area contributed by atoms with Gasteiger partial charge < -0.3 is 14.2 Å². The van der Waals surface area contributed by atoms with Gasteiger partial charge in [-0.05, 0) is 30.2 Å². The van der Waals surface area contributed by atoms with Crippen LogP contribution in [0.5, 0.6) is 0 Å². The highest BCUT2D eigenvalue weighted by Gasteiger charge is 2.25. The van der Waals surface area contributed by atoms with Crippen molar-refractivity contribution in [3.63, 3.8) is 0 Å². The van der Waals surface area contributed by atoms with Gasteiger partial charge in [0.2, 0.25) is 5.75 Å². The second-order valence-electron chi connectivity index (χ2n) is 4.05. The first-order valence-electron chi connectivity index (χ1n) is 6.19. The largest absolute Gasteiger partial charge is 0.460 e. The average molecular weight is 263 g/mol. The molecular weight excluding hydrogens is 240 g/mol. The molecule has 0 spiro atoms. The monoisotopic (exact) mass is 263 g/mol. The Kier molecular flexibility index (Phi) is 8.48. The van der Waals surface area contributed by atoms with Crippen molar-refractivity contribution >= 4 is 16.9 Å². The lowest BCUT2D eigenvalue weighted by atomic mass is 10.3. The van der Waals surface area contributed by atoms with Crippen LogP contribution in [-0.2, 0) is 29.9 Å². The Bertz CT molecular complexity index is 205. The summed E-state index contributed by atoms with van der Waals surface area (Å²) in [5.41, 5.74) is 0. The quantitative estimate of drug-likeness (QED) is 0.372. The van der Waals surface area contributed by atoms with E-state index in [4.69, 9.17) is 14.2 Å². The lowest BCUT2D eigenvalue weighted by molar-refractivity contribution is -0.142. The number of carbonyl (C=O) groups is 1. The summed E-state index contributed by atoms with van der Waals surface area (Å²) in [4.78, 5) is 11.5. The van der Waals surface area contributed by atoms with E-state index in [1.165, 1.54) is 30.8 Å². The van der Waals surface area contributed by atoms with Gasteiger partial charge in [0, 0.05) is 7.11 Å². The lowest BCUT2D eigenvalue weighted by Crippen LogP contribution is -2.27. The van der Waals surface area contributed by atoms with Gasteiger partial charge in [0.25, 0.3) is 0 Å². The summed E-state index contributed by atoms with van der Waals surface area (Å²) < 4.78 is 15.2. The topological polar surface area (TPSA) is 44.8 Å². The highest BCUT2D eigenvalue weighted by Crippen LogP contribution is 2.13. The van der Waals surface area contributed by atoms with Crippen LogP contribution in [0.1, 0.15) is 19.3 Å². The molecule has 0 amide bonds. The van der Waals surface area contributed by atoms with E-state index >= 15 is 0 Å². The van der Waals surface area contributed by atoms with E-state index in [0.29, 0.717) is 32.2 Å². The molecule has 1 fully saturated rings. The molecule has 0 unspecified atom stereocenters. The molecule has 0 aromatic rings. The van der Waals surface area contributed by atoms with Crippen LogP contribution in [0.3, 0.4) is 0 Å². The summed E-state index contributed by atoms with van der Waals surface area (Å²) in [6.45, 7) is 1.96. The molecule has 0 aromatic heterocycles. The smallest absolute Gasteiger partial charge is 0.356 e. The molecule has 1 aliphatic rings.